The number of ether oxygens (including phenoxy) is 1. The van der Waals surface area contributed by atoms with Gasteiger partial charge < -0.3 is 10.1 Å². The lowest BCUT2D eigenvalue weighted by atomic mass is 10.0. The van der Waals surface area contributed by atoms with Crippen LogP contribution in [0, 0.1) is 5.92 Å². The second-order valence-electron chi connectivity index (χ2n) is 9.14. The number of anilines is 1. The van der Waals surface area contributed by atoms with Crippen LogP contribution in [0.2, 0.25) is 0 Å². The average molecular weight is 520 g/mol. The smallest absolute Gasteiger partial charge is 0.341 e. The molecule has 0 saturated carbocycles. The molecule has 35 heavy (non-hydrogen) atoms. The topological polar surface area (TPSA) is 96.0 Å². The van der Waals surface area contributed by atoms with Crippen molar-refractivity contribution in [3.63, 3.8) is 0 Å². The first-order chi connectivity index (χ1) is 16.7. The molecule has 2 aliphatic heterocycles. The summed E-state index contributed by atoms with van der Waals surface area (Å²) in [6.07, 6.45) is 2.61. The van der Waals surface area contributed by atoms with Crippen LogP contribution in [0.1, 0.15) is 64.8 Å². The Morgan fingerprint density at radius 1 is 1.17 bits per heavy atom. The molecule has 4 rings (SSSR count). The van der Waals surface area contributed by atoms with Crippen molar-refractivity contribution in [3.05, 3.63) is 45.8 Å². The fraction of sp³-hybridized carbons (Fsp3) is 0.520. The number of rotatable bonds is 7. The minimum absolute atomic E-state index is 0.182. The highest BCUT2D eigenvalue weighted by Gasteiger charge is 2.30. The van der Waals surface area contributed by atoms with Gasteiger partial charge in [-0.15, -0.1) is 11.3 Å². The number of esters is 1. The van der Waals surface area contributed by atoms with E-state index < -0.39 is 21.9 Å². The molecule has 1 amide bonds. The maximum Gasteiger partial charge on any atom is 0.341 e. The van der Waals surface area contributed by atoms with Crippen molar-refractivity contribution in [1.82, 2.24) is 9.21 Å². The van der Waals surface area contributed by atoms with E-state index in [-0.39, 0.29) is 11.5 Å². The highest BCUT2D eigenvalue weighted by Crippen LogP contribution is 2.38. The number of hydrogen-bond donors (Lipinski definition) is 1. The molecule has 0 spiro atoms. The second-order valence-corrected chi connectivity index (χ2v) is 12.2. The third kappa shape index (κ3) is 5.45. The predicted octanol–water partition coefficient (Wildman–Crippen LogP) is 3.98. The SMILES string of the molecule is CCOC(=O)c1c(NC(=O)c2ccc(S(=O)(=O)N3CCCC(C)C3)cc2)sc2c1CCN(CC)C2. The van der Waals surface area contributed by atoms with Crippen LogP contribution in [0.4, 0.5) is 5.00 Å². The molecule has 1 N–H and O–H groups in total. The van der Waals surface area contributed by atoms with E-state index in [0.717, 1.165) is 49.3 Å². The molecule has 1 aromatic carbocycles. The molecule has 2 aromatic rings. The van der Waals surface area contributed by atoms with Gasteiger partial charge in [0, 0.05) is 36.6 Å². The summed E-state index contributed by atoms with van der Waals surface area (Å²) in [6.45, 7) is 9.71. The monoisotopic (exact) mass is 519 g/mol. The summed E-state index contributed by atoms with van der Waals surface area (Å²) in [5.74, 6) is -0.488. The number of sulfonamides is 1. The van der Waals surface area contributed by atoms with Crippen molar-refractivity contribution in [2.45, 2.75) is 51.5 Å². The number of thiophene rings is 1. The second kappa shape index (κ2) is 10.8. The van der Waals surface area contributed by atoms with Gasteiger partial charge in [0.05, 0.1) is 17.1 Å². The summed E-state index contributed by atoms with van der Waals surface area (Å²) in [6, 6.07) is 6.00. The van der Waals surface area contributed by atoms with E-state index in [0.29, 0.717) is 35.1 Å². The molecular formula is C25H33N3O5S2. The van der Waals surface area contributed by atoms with E-state index in [2.05, 4.69) is 24.1 Å². The molecule has 2 aliphatic rings. The Morgan fingerprint density at radius 2 is 1.91 bits per heavy atom. The molecule has 1 aromatic heterocycles. The van der Waals surface area contributed by atoms with Crippen LogP contribution in [0.3, 0.4) is 0 Å². The van der Waals surface area contributed by atoms with Gasteiger partial charge >= 0.3 is 5.97 Å². The largest absolute Gasteiger partial charge is 0.462 e. The van der Waals surface area contributed by atoms with Gasteiger partial charge in [0.15, 0.2) is 0 Å². The Balaban J connectivity index is 1.55. The van der Waals surface area contributed by atoms with Crippen molar-refractivity contribution < 1.29 is 22.7 Å². The molecule has 1 unspecified atom stereocenters. The van der Waals surface area contributed by atoms with Crippen LogP contribution in [0.25, 0.3) is 0 Å². The lowest BCUT2D eigenvalue weighted by molar-refractivity contribution is 0.0526. The highest BCUT2D eigenvalue weighted by molar-refractivity contribution is 7.89. The Labute approximate surface area is 211 Å². The molecule has 0 radical (unpaired) electrons. The third-order valence-electron chi connectivity index (χ3n) is 6.66. The van der Waals surface area contributed by atoms with Gasteiger partial charge in [-0.3, -0.25) is 9.69 Å². The van der Waals surface area contributed by atoms with Crippen LogP contribution >= 0.6 is 11.3 Å². The summed E-state index contributed by atoms with van der Waals surface area (Å²) in [7, 11) is -3.59. The van der Waals surface area contributed by atoms with Gasteiger partial charge in [-0.05, 0) is 68.5 Å². The minimum atomic E-state index is -3.59. The van der Waals surface area contributed by atoms with Gasteiger partial charge in [0.2, 0.25) is 10.0 Å². The van der Waals surface area contributed by atoms with E-state index in [1.54, 1.807) is 6.92 Å². The Kier molecular flexibility index (Phi) is 7.95. The molecule has 3 heterocycles. The fourth-order valence-electron chi connectivity index (χ4n) is 4.70. The van der Waals surface area contributed by atoms with Crippen LogP contribution < -0.4 is 5.32 Å². The number of benzene rings is 1. The van der Waals surface area contributed by atoms with Crippen molar-refractivity contribution >= 4 is 38.2 Å². The first-order valence-electron chi connectivity index (χ1n) is 12.2. The molecule has 0 aliphatic carbocycles. The van der Waals surface area contributed by atoms with E-state index in [4.69, 9.17) is 4.74 Å². The van der Waals surface area contributed by atoms with Crippen molar-refractivity contribution in [2.75, 3.05) is 38.1 Å². The Bertz CT molecular complexity index is 1190. The van der Waals surface area contributed by atoms with Crippen molar-refractivity contribution in [1.29, 1.82) is 0 Å². The van der Waals surface area contributed by atoms with Crippen LogP contribution in [0.5, 0.6) is 0 Å². The van der Waals surface area contributed by atoms with Gasteiger partial charge in [0.1, 0.15) is 5.00 Å². The molecule has 0 bridgehead atoms. The zero-order chi connectivity index (χ0) is 25.2. The zero-order valence-corrected chi connectivity index (χ0v) is 22.1. The normalized spacial score (nSPS) is 19.2. The quantitative estimate of drug-likeness (QED) is 0.556. The van der Waals surface area contributed by atoms with E-state index in [9.17, 15) is 18.0 Å². The lowest BCUT2D eigenvalue weighted by Gasteiger charge is -2.30. The maximum absolute atomic E-state index is 13.1. The molecule has 1 saturated heterocycles. The van der Waals surface area contributed by atoms with E-state index in [1.807, 2.05) is 0 Å². The number of fused-ring (bicyclic) bond motifs is 1. The summed E-state index contributed by atoms with van der Waals surface area (Å²) in [5.41, 5.74) is 1.72. The number of hydrogen-bond acceptors (Lipinski definition) is 7. The third-order valence-corrected chi connectivity index (χ3v) is 9.68. The first-order valence-corrected chi connectivity index (χ1v) is 14.5. The number of piperidine rings is 1. The predicted molar refractivity (Wildman–Crippen MR) is 136 cm³/mol. The Hall–Kier alpha value is -2.27. The molecule has 1 fully saturated rings. The lowest BCUT2D eigenvalue weighted by Crippen LogP contribution is -2.39. The zero-order valence-electron chi connectivity index (χ0n) is 20.5. The molecule has 8 nitrogen and oxygen atoms in total. The first kappa shape index (κ1) is 25.8. The number of amides is 1. The summed E-state index contributed by atoms with van der Waals surface area (Å²) in [4.78, 5) is 29.3. The standard InChI is InChI=1S/C25H33N3O5S2/c1-4-27-14-12-20-21(16-27)34-24(22(20)25(30)33-5-2)26-23(29)18-8-10-19(11-9-18)35(31,32)28-13-6-7-17(3)15-28/h8-11,17H,4-7,12-16H2,1-3H3,(H,26,29). The van der Waals surface area contributed by atoms with Crippen molar-refractivity contribution in [3.8, 4) is 0 Å². The Morgan fingerprint density at radius 3 is 2.57 bits per heavy atom. The highest BCUT2D eigenvalue weighted by atomic mass is 32.2. The van der Waals surface area contributed by atoms with Gasteiger partial charge in [-0.2, -0.15) is 4.31 Å². The van der Waals surface area contributed by atoms with Gasteiger partial charge in [-0.1, -0.05) is 13.8 Å². The summed E-state index contributed by atoms with van der Waals surface area (Å²) < 4.78 is 32.9. The molecule has 10 heteroatoms. The van der Waals surface area contributed by atoms with Crippen LogP contribution in [0.15, 0.2) is 29.2 Å². The summed E-state index contributed by atoms with van der Waals surface area (Å²) >= 11 is 1.41. The van der Waals surface area contributed by atoms with Crippen molar-refractivity contribution in [2.24, 2.45) is 5.92 Å². The van der Waals surface area contributed by atoms with Gasteiger partial charge in [0.25, 0.3) is 5.91 Å². The average Bonchev–Trinajstić information content (AvgIpc) is 3.21. The fourth-order valence-corrected chi connectivity index (χ4v) is 7.57. The van der Waals surface area contributed by atoms with Crippen LogP contribution in [-0.4, -0.2) is 62.3 Å². The number of carbonyl (C=O) groups is 2. The molecule has 1 atom stereocenters. The number of nitrogens with one attached hydrogen (secondary N) is 1. The van der Waals surface area contributed by atoms with E-state index >= 15 is 0 Å². The minimum Gasteiger partial charge on any atom is -0.462 e. The maximum atomic E-state index is 13.1. The van der Waals surface area contributed by atoms with Gasteiger partial charge in [-0.25, -0.2) is 13.2 Å². The number of nitrogens with zero attached hydrogens (tertiary/aromatic N) is 2. The number of carbonyl (C=O) groups excluding carboxylic acids is 2. The number of likely N-dealkylation sites (N-methyl/N-ethyl adjacent to an activating group) is 1. The summed E-state index contributed by atoms with van der Waals surface area (Å²) in [5, 5.41) is 3.37. The molecular weight excluding hydrogens is 486 g/mol. The van der Waals surface area contributed by atoms with E-state index in [1.165, 1.54) is 39.9 Å². The molecule has 190 valence electrons. The van der Waals surface area contributed by atoms with Crippen LogP contribution in [-0.2, 0) is 27.7 Å².